The van der Waals surface area contributed by atoms with Gasteiger partial charge in [-0.15, -0.1) is 0 Å². The van der Waals surface area contributed by atoms with Crippen LogP contribution in [0.3, 0.4) is 0 Å². The van der Waals surface area contributed by atoms with E-state index in [0.29, 0.717) is 6.54 Å². The molecule has 0 aromatic heterocycles. The topological polar surface area (TPSA) is 47.7 Å². The van der Waals surface area contributed by atoms with E-state index in [4.69, 9.17) is 15.2 Å². The van der Waals surface area contributed by atoms with Crippen LogP contribution in [0.2, 0.25) is 0 Å². The van der Waals surface area contributed by atoms with Gasteiger partial charge in [0, 0.05) is 26.5 Å². The maximum atomic E-state index is 5.81. The second-order valence-corrected chi connectivity index (χ2v) is 4.45. The van der Waals surface area contributed by atoms with Crippen molar-refractivity contribution >= 4 is 5.69 Å². The Balaban J connectivity index is 2.19. The number of hydrogen-bond donors (Lipinski definition) is 1. The molecule has 1 aromatic rings. The second kappa shape index (κ2) is 4.64. The van der Waals surface area contributed by atoms with E-state index in [1.807, 2.05) is 0 Å². The lowest BCUT2D eigenvalue weighted by Crippen LogP contribution is -2.64. The van der Waals surface area contributed by atoms with Crippen LogP contribution >= 0.6 is 0 Å². The quantitative estimate of drug-likeness (QED) is 0.800. The molecule has 94 valence electrons. The van der Waals surface area contributed by atoms with E-state index in [-0.39, 0.29) is 0 Å². The molecule has 0 aliphatic carbocycles. The maximum absolute atomic E-state index is 5.81. The Labute approximate surface area is 102 Å². The average molecular weight is 236 g/mol. The summed E-state index contributed by atoms with van der Waals surface area (Å²) in [4.78, 5) is 2.24. The zero-order valence-corrected chi connectivity index (χ0v) is 10.7. The molecule has 0 unspecified atom stereocenters. The first-order valence-electron chi connectivity index (χ1n) is 5.79. The lowest BCUT2D eigenvalue weighted by Gasteiger charge is -2.49. The number of anilines is 1. The zero-order chi connectivity index (χ0) is 12.5. The standard InChI is InChI=1S/C13H20N2O2/c1-10-5-4-6-12(11(10)7-14)15-8-13(9-15,16-2)17-3/h4-6H,7-9,14H2,1-3H3. The lowest BCUT2D eigenvalue weighted by molar-refractivity contribution is -0.219. The van der Waals surface area contributed by atoms with E-state index >= 15 is 0 Å². The van der Waals surface area contributed by atoms with E-state index in [9.17, 15) is 0 Å². The second-order valence-electron chi connectivity index (χ2n) is 4.45. The first kappa shape index (κ1) is 12.4. The molecular weight excluding hydrogens is 216 g/mol. The summed E-state index contributed by atoms with van der Waals surface area (Å²) in [5, 5.41) is 0. The van der Waals surface area contributed by atoms with Gasteiger partial charge in [-0.2, -0.15) is 0 Å². The van der Waals surface area contributed by atoms with Gasteiger partial charge in [-0.05, 0) is 24.1 Å². The Kier molecular flexibility index (Phi) is 3.38. The van der Waals surface area contributed by atoms with Crippen molar-refractivity contribution in [1.29, 1.82) is 0 Å². The molecular formula is C13H20N2O2. The van der Waals surface area contributed by atoms with Gasteiger partial charge in [0.1, 0.15) is 0 Å². The molecule has 2 N–H and O–H groups in total. The third-order valence-electron chi connectivity index (χ3n) is 3.54. The Morgan fingerprint density at radius 1 is 1.29 bits per heavy atom. The van der Waals surface area contributed by atoms with E-state index in [1.165, 1.54) is 16.8 Å². The van der Waals surface area contributed by atoms with Crippen molar-refractivity contribution in [3.63, 3.8) is 0 Å². The van der Waals surface area contributed by atoms with Crippen LogP contribution in [0, 0.1) is 6.92 Å². The van der Waals surface area contributed by atoms with Crippen molar-refractivity contribution in [3.8, 4) is 0 Å². The summed E-state index contributed by atoms with van der Waals surface area (Å²) in [6, 6.07) is 6.25. The van der Waals surface area contributed by atoms with Crippen molar-refractivity contribution in [2.75, 3.05) is 32.2 Å². The fourth-order valence-corrected chi connectivity index (χ4v) is 2.30. The van der Waals surface area contributed by atoms with Gasteiger partial charge in [0.15, 0.2) is 0 Å². The smallest absolute Gasteiger partial charge is 0.203 e. The van der Waals surface area contributed by atoms with Crippen LogP contribution in [0.25, 0.3) is 0 Å². The zero-order valence-electron chi connectivity index (χ0n) is 10.7. The third kappa shape index (κ3) is 2.04. The van der Waals surface area contributed by atoms with E-state index in [0.717, 1.165) is 13.1 Å². The molecule has 4 heteroatoms. The molecule has 0 spiro atoms. The Morgan fingerprint density at radius 2 is 1.94 bits per heavy atom. The molecule has 2 rings (SSSR count). The van der Waals surface area contributed by atoms with Crippen molar-refractivity contribution < 1.29 is 9.47 Å². The average Bonchev–Trinajstić information content (AvgIpc) is 2.29. The van der Waals surface area contributed by atoms with Gasteiger partial charge in [0.2, 0.25) is 5.79 Å². The minimum absolute atomic E-state index is 0.449. The molecule has 17 heavy (non-hydrogen) atoms. The van der Waals surface area contributed by atoms with Gasteiger partial charge in [-0.3, -0.25) is 0 Å². The van der Waals surface area contributed by atoms with Crippen LogP contribution in [0.15, 0.2) is 18.2 Å². The summed E-state index contributed by atoms with van der Waals surface area (Å²) in [7, 11) is 3.36. The maximum Gasteiger partial charge on any atom is 0.203 e. The van der Waals surface area contributed by atoms with Gasteiger partial charge in [-0.1, -0.05) is 12.1 Å². The predicted octanol–water partition coefficient (Wildman–Crippen LogP) is 1.26. The molecule has 1 aromatic carbocycles. The fraction of sp³-hybridized carbons (Fsp3) is 0.538. The van der Waals surface area contributed by atoms with Crippen LogP contribution in [-0.4, -0.2) is 33.1 Å². The van der Waals surface area contributed by atoms with E-state index < -0.39 is 5.79 Å². The number of hydrogen-bond acceptors (Lipinski definition) is 4. The first-order valence-corrected chi connectivity index (χ1v) is 5.79. The number of rotatable bonds is 4. The minimum atomic E-state index is -0.449. The number of aryl methyl sites for hydroxylation is 1. The Hall–Kier alpha value is -1.10. The van der Waals surface area contributed by atoms with Crippen molar-refractivity contribution in [2.45, 2.75) is 19.3 Å². The highest BCUT2D eigenvalue weighted by atomic mass is 16.7. The van der Waals surface area contributed by atoms with E-state index in [2.05, 4.69) is 30.0 Å². The Morgan fingerprint density at radius 3 is 2.47 bits per heavy atom. The predicted molar refractivity (Wildman–Crippen MR) is 68.0 cm³/mol. The van der Waals surface area contributed by atoms with Gasteiger partial charge in [0.05, 0.1) is 13.1 Å². The molecule has 4 nitrogen and oxygen atoms in total. The number of nitrogens with zero attached hydrogens (tertiary/aromatic N) is 1. The van der Waals surface area contributed by atoms with Crippen molar-refractivity contribution in [2.24, 2.45) is 5.73 Å². The van der Waals surface area contributed by atoms with E-state index in [1.54, 1.807) is 14.2 Å². The van der Waals surface area contributed by atoms with Crippen LogP contribution < -0.4 is 10.6 Å². The third-order valence-corrected chi connectivity index (χ3v) is 3.54. The monoisotopic (exact) mass is 236 g/mol. The SMILES string of the molecule is COC1(OC)CN(c2cccc(C)c2CN)C1. The highest BCUT2D eigenvalue weighted by molar-refractivity contribution is 5.59. The molecule has 0 radical (unpaired) electrons. The number of benzene rings is 1. The number of methoxy groups -OCH3 is 2. The molecule has 1 aliphatic heterocycles. The molecule has 0 saturated carbocycles. The van der Waals surface area contributed by atoms with Crippen LogP contribution in [0.4, 0.5) is 5.69 Å². The largest absolute Gasteiger partial charge is 0.360 e. The Bertz CT molecular complexity index is 394. The summed E-state index contributed by atoms with van der Waals surface area (Å²) in [6.07, 6.45) is 0. The molecule has 0 amide bonds. The normalized spacial score (nSPS) is 18.0. The molecule has 0 atom stereocenters. The van der Waals surface area contributed by atoms with Gasteiger partial charge >= 0.3 is 0 Å². The highest BCUT2D eigenvalue weighted by Crippen LogP contribution is 2.33. The lowest BCUT2D eigenvalue weighted by atomic mass is 10.0. The number of ether oxygens (including phenoxy) is 2. The summed E-state index contributed by atoms with van der Waals surface area (Å²) in [5.74, 6) is -0.449. The first-order chi connectivity index (χ1) is 8.15. The minimum Gasteiger partial charge on any atom is -0.360 e. The van der Waals surface area contributed by atoms with Crippen LogP contribution in [0.5, 0.6) is 0 Å². The van der Waals surface area contributed by atoms with Crippen LogP contribution in [0.1, 0.15) is 11.1 Å². The van der Waals surface area contributed by atoms with Gasteiger partial charge < -0.3 is 20.1 Å². The highest BCUT2D eigenvalue weighted by Gasteiger charge is 2.44. The fourth-order valence-electron chi connectivity index (χ4n) is 2.30. The molecule has 1 heterocycles. The molecule has 1 saturated heterocycles. The summed E-state index contributed by atoms with van der Waals surface area (Å²) < 4.78 is 10.8. The van der Waals surface area contributed by atoms with Crippen LogP contribution in [-0.2, 0) is 16.0 Å². The van der Waals surface area contributed by atoms with Gasteiger partial charge in [-0.25, -0.2) is 0 Å². The number of nitrogens with two attached hydrogens (primary N) is 1. The summed E-state index contributed by atoms with van der Waals surface area (Å²) >= 11 is 0. The summed E-state index contributed by atoms with van der Waals surface area (Å²) in [5.41, 5.74) is 9.44. The summed E-state index contributed by atoms with van der Waals surface area (Å²) in [6.45, 7) is 4.14. The molecule has 1 aliphatic rings. The van der Waals surface area contributed by atoms with Crippen molar-refractivity contribution in [3.05, 3.63) is 29.3 Å². The molecule has 0 bridgehead atoms. The van der Waals surface area contributed by atoms with Gasteiger partial charge in [0.25, 0.3) is 0 Å². The molecule has 1 fully saturated rings. The van der Waals surface area contributed by atoms with Crippen molar-refractivity contribution in [1.82, 2.24) is 0 Å².